The van der Waals surface area contributed by atoms with Crippen LogP contribution in [-0.4, -0.2) is 43.8 Å². The summed E-state index contributed by atoms with van der Waals surface area (Å²) < 4.78 is 1.78. The van der Waals surface area contributed by atoms with Gasteiger partial charge in [-0.25, -0.2) is 9.97 Å². The van der Waals surface area contributed by atoms with Crippen molar-refractivity contribution < 1.29 is 10.2 Å². The Morgan fingerprint density at radius 1 is 0.912 bits per heavy atom. The summed E-state index contributed by atoms with van der Waals surface area (Å²) in [5.74, 6) is 0.781. The van der Waals surface area contributed by atoms with Crippen LogP contribution in [0.15, 0.2) is 85.6 Å². The second kappa shape index (κ2) is 8.28. The van der Waals surface area contributed by atoms with Crippen LogP contribution in [0.4, 0.5) is 5.82 Å². The van der Waals surface area contributed by atoms with Crippen LogP contribution in [0.3, 0.4) is 0 Å². The Morgan fingerprint density at radius 3 is 2.29 bits per heavy atom. The van der Waals surface area contributed by atoms with Gasteiger partial charge in [-0.2, -0.15) is 0 Å². The summed E-state index contributed by atoms with van der Waals surface area (Å²) in [6, 6.07) is 18.7. The van der Waals surface area contributed by atoms with E-state index in [4.69, 9.17) is 4.98 Å². The Kier molecular flexibility index (Phi) is 5.26. The predicted octanol–water partition coefficient (Wildman–Crippen LogP) is 4.09. The molecule has 7 nitrogen and oxygen atoms in total. The van der Waals surface area contributed by atoms with Gasteiger partial charge in [0.15, 0.2) is 5.60 Å². The van der Waals surface area contributed by atoms with E-state index in [1.165, 1.54) is 0 Å². The number of aryl methyl sites for hydroxylation is 1. The molecule has 7 heteroatoms. The molecular weight excluding hydrogens is 426 g/mol. The van der Waals surface area contributed by atoms with Crippen LogP contribution in [0.2, 0.25) is 0 Å². The first-order chi connectivity index (χ1) is 16.4. The topological polar surface area (TPSA) is 87.3 Å². The van der Waals surface area contributed by atoms with E-state index in [1.54, 1.807) is 47.7 Å². The number of aromatic nitrogens is 4. The van der Waals surface area contributed by atoms with E-state index < -0.39 is 5.60 Å². The lowest BCUT2D eigenvalue weighted by atomic mass is 9.83. The number of benzene rings is 2. The van der Waals surface area contributed by atoms with Gasteiger partial charge in [0.05, 0.1) is 29.3 Å². The first-order valence-corrected chi connectivity index (χ1v) is 10.9. The van der Waals surface area contributed by atoms with E-state index in [-0.39, 0.29) is 5.75 Å². The molecule has 0 fully saturated rings. The normalized spacial score (nSPS) is 13.1. The number of aromatic hydroxyl groups is 1. The molecule has 0 saturated heterocycles. The summed E-state index contributed by atoms with van der Waals surface area (Å²) in [7, 11) is 5.64. The number of fused-ring (bicyclic) bond motifs is 1. The number of pyridine rings is 2. The second-order valence-electron chi connectivity index (χ2n) is 8.49. The van der Waals surface area contributed by atoms with Crippen LogP contribution in [0, 0.1) is 0 Å². The van der Waals surface area contributed by atoms with Gasteiger partial charge < -0.3 is 19.7 Å². The third-order valence-electron chi connectivity index (χ3n) is 6.13. The Balaban J connectivity index is 1.81. The lowest BCUT2D eigenvalue weighted by molar-refractivity contribution is 0.117. The van der Waals surface area contributed by atoms with Crippen molar-refractivity contribution in [3.05, 3.63) is 102 Å². The van der Waals surface area contributed by atoms with Gasteiger partial charge in [0.25, 0.3) is 0 Å². The lowest BCUT2D eigenvalue weighted by Gasteiger charge is -2.30. The minimum atomic E-state index is -1.51. The highest BCUT2D eigenvalue weighted by molar-refractivity contribution is 5.97. The van der Waals surface area contributed by atoms with Crippen molar-refractivity contribution in [1.82, 2.24) is 19.5 Å². The monoisotopic (exact) mass is 451 g/mol. The van der Waals surface area contributed by atoms with Crippen molar-refractivity contribution in [2.24, 2.45) is 7.05 Å². The van der Waals surface area contributed by atoms with E-state index in [1.807, 2.05) is 68.5 Å². The van der Waals surface area contributed by atoms with Crippen molar-refractivity contribution >= 4 is 16.7 Å². The zero-order valence-corrected chi connectivity index (χ0v) is 19.2. The maximum Gasteiger partial charge on any atom is 0.157 e. The highest BCUT2D eigenvalue weighted by atomic mass is 16.3. The average Bonchev–Trinajstić information content (AvgIpc) is 3.30. The fourth-order valence-electron chi connectivity index (χ4n) is 4.41. The molecule has 0 aliphatic carbocycles. The van der Waals surface area contributed by atoms with E-state index in [2.05, 4.69) is 9.97 Å². The molecule has 5 rings (SSSR count). The van der Waals surface area contributed by atoms with E-state index in [9.17, 15) is 10.2 Å². The molecule has 0 spiro atoms. The SMILES string of the molecule is CN(C)c1nc2ccc(C(O)(c3ccncc3)c3cncn3C)cc2c(O)c1-c1ccccc1. The average molecular weight is 452 g/mol. The standard InChI is InChI=1S/C27H25N5O2/c1-31(2)26-24(18-7-5-4-6-8-18)25(33)21-15-20(9-10-22(21)30-26)27(34,19-11-13-28-14-12-19)23-16-29-17-32(23)3/h4-17,34H,1-3H3,(H,30,33). The molecule has 3 heterocycles. The third kappa shape index (κ3) is 3.38. The molecule has 5 aromatic rings. The van der Waals surface area contributed by atoms with Gasteiger partial charge in [-0.15, -0.1) is 0 Å². The minimum absolute atomic E-state index is 0.115. The molecule has 0 radical (unpaired) electrons. The molecule has 34 heavy (non-hydrogen) atoms. The number of imidazole rings is 1. The van der Waals surface area contributed by atoms with Crippen molar-refractivity contribution in [3.63, 3.8) is 0 Å². The quantitative estimate of drug-likeness (QED) is 0.419. The predicted molar refractivity (Wildman–Crippen MR) is 133 cm³/mol. The second-order valence-corrected chi connectivity index (χ2v) is 8.49. The first kappa shape index (κ1) is 21.6. The largest absolute Gasteiger partial charge is 0.506 e. The van der Waals surface area contributed by atoms with Crippen LogP contribution < -0.4 is 4.90 Å². The number of hydrogen-bond acceptors (Lipinski definition) is 6. The molecular formula is C27H25N5O2. The number of nitrogens with zero attached hydrogens (tertiary/aromatic N) is 5. The van der Waals surface area contributed by atoms with E-state index >= 15 is 0 Å². The number of aliphatic hydroxyl groups is 1. The van der Waals surface area contributed by atoms with E-state index in [0.717, 1.165) is 5.56 Å². The van der Waals surface area contributed by atoms with Gasteiger partial charge in [0.1, 0.15) is 11.6 Å². The molecule has 2 aromatic carbocycles. The molecule has 0 saturated carbocycles. The van der Waals surface area contributed by atoms with Crippen LogP contribution in [0.1, 0.15) is 16.8 Å². The zero-order valence-electron chi connectivity index (χ0n) is 19.2. The van der Waals surface area contributed by atoms with Crippen LogP contribution in [-0.2, 0) is 12.6 Å². The lowest BCUT2D eigenvalue weighted by Crippen LogP contribution is -2.31. The van der Waals surface area contributed by atoms with Gasteiger partial charge in [0, 0.05) is 38.9 Å². The van der Waals surface area contributed by atoms with Gasteiger partial charge in [0.2, 0.25) is 0 Å². The van der Waals surface area contributed by atoms with Crippen molar-refractivity contribution in [1.29, 1.82) is 0 Å². The van der Waals surface area contributed by atoms with Crippen LogP contribution in [0.5, 0.6) is 5.75 Å². The van der Waals surface area contributed by atoms with Crippen LogP contribution in [0.25, 0.3) is 22.0 Å². The first-order valence-electron chi connectivity index (χ1n) is 10.9. The van der Waals surface area contributed by atoms with Crippen molar-refractivity contribution in [3.8, 4) is 16.9 Å². The maximum absolute atomic E-state index is 12.2. The number of rotatable bonds is 5. The summed E-state index contributed by atoms with van der Waals surface area (Å²) in [6.45, 7) is 0. The molecule has 1 atom stereocenters. The summed E-state index contributed by atoms with van der Waals surface area (Å²) in [6.07, 6.45) is 6.59. The minimum Gasteiger partial charge on any atom is -0.506 e. The number of anilines is 1. The van der Waals surface area contributed by atoms with Gasteiger partial charge in [-0.1, -0.05) is 36.4 Å². The smallest absolute Gasteiger partial charge is 0.157 e. The summed E-state index contributed by atoms with van der Waals surface area (Å²) in [4.78, 5) is 15.1. The summed E-state index contributed by atoms with van der Waals surface area (Å²) in [5, 5.41) is 24.2. The fraction of sp³-hybridized carbons (Fsp3) is 0.148. The Bertz CT molecular complexity index is 1470. The zero-order chi connectivity index (χ0) is 23.9. The molecule has 1 unspecified atom stereocenters. The molecule has 0 amide bonds. The van der Waals surface area contributed by atoms with Crippen LogP contribution >= 0.6 is 0 Å². The van der Waals surface area contributed by atoms with Crippen molar-refractivity contribution in [2.75, 3.05) is 19.0 Å². The van der Waals surface area contributed by atoms with Gasteiger partial charge in [-0.3, -0.25) is 4.98 Å². The maximum atomic E-state index is 12.2. The molecule has 0 aliphatic heterocycles. The summed E-state index contributed by atoms with van der Waals surface area (Å²) in [5.41, 5.74) is 2.45. The van der Waals surface area contributed by atoms with Gasteiger partial charge in [-0.05, 0) is 41.0 Å². The van der Waals surface area contributed by atoms with Crippen molar-refractivity contribution in [2.45, 2.75) is 5.60 Å². The molecule has 0 aliphatic rings. The Hall–Kier alpha value is -4.23. The third-order valence-corrected chi connectivity index (χ3v) is 6.13. The molecule has 3 aromatic heterocycles. The molecule has 0 bridgehead atoms. The van der Waals surface area contributed by atoms with E-state index in [0.29, 0.717) is 39.1 Å². The Morgan fingerprint density at radius 2 is 1.65 bits per heavy atom. The number of hydrogen-bond donors (Lipinski definition) is 2. The summed E-state index contributed by atoms with van der Waals surface area (Å²) >= 11 is 0. The highest BCUT2D eigenvalue weighted by Gasteiger charge is 2.37. The van der Waals surface area contributed by atoms with Gasteiger partial charge >= 0.3 is 0 Å². The molecule has 170 valence electrons. The Labute approximate surface area is 197 Å². The fourth-order valence-corrected chi connectivity index (χ4v) is 4.41. The highest BCUT2D eigenvalue weighted by Crippen LogP contribution is 2.43. The molecule has 2 N–H and O–H groups in total.